The van der Waals surface area contributed by atoms with Crippen molar-refractivity contribution in [3.8, 4) is 0 Å². The number of rotatable bonds is 5. The van der Waals surface area contributed by atoms with Gasteiger partial charge in [0.25, 0.3) is 5.91 Å². The van der Waals surface area contributed by atoms with Gasteiger partial charge in [-0.25, -0.2) is 4.39 Å². The summed E-state index contributed by atoms with van der Waals surface area (Å²) in [5, 5.41) is 14.6. The van der Waals surface area contributed by atoms with Crippen LogP contribution in [0.15, 0.2) is 66.6 Å². The van der Waals surface area contributed by atoms with E-state index in [9.17, 15) is 9.18 Å². The van der Waals surface area contributed by atoms with Crippen molar-refractivity contribution in [1.29, 1.82) is 5.41 Å². The molecule has 3 aromatic rings. The molecule has 2 aromatic carbocycles. The summed E-state index contributed by atoms with van der Waals surface area (Å²) in [6, 6.07) is 12.9. The highest BCUT2D eigenvalue weighted by Crippen LogP contribution is 2.22. The number of carbonyl (C=O) groups excluding carboxylic acids is 1. The van der Waals surface area contributed by atoms with Crippen LogP contribution < -0.4 is 10.6 Å². The van der Waals surface area contributed by atoms with Gasteiger partial charge in [0.2, 0.25) is 0 Å². The van der Waals surface area contributed by atoms with Crippen molar-refractivity contribution in [2.24, 2.45) is 0 Å². The third-order valence-electron chi connectivity index (χ3n) is 3.91. The number of fused-ring (bicyclic) bond motifs is 1. The van der Waals surface area contributed by atoms with Crippen molar-refractivity contribution in [1.82, 2.24) is 15.6 Å². The molecule has 3 N–H and O–H groups in total. The van der Waals surface area contributed by atoms with E-state index in [1.165, 1.54) is 18.2 Å². The summed E-state index contributed by atoms with van der Waals surface area (Å²) >= 11 is 6.23. The summed E-state index contributed by atoms with van der Waals surface area (Å²) < 4.78 is 13.8. The Morgan fingerprint density at radius 1 is 1.19 bits per heavy atom. The highest BCUT2D eigenvalue weighted by Gasteiger charge is 2.14. The van der Waals surface area contributed by atoms with Gasteiger partial charge in [0, 0.05) is 30.3 Å². The second kappa shape index (κ2) is 7.97. The monoisotopic (exact) mass is 382 g/mol. The SMILES string of the molecule is CN/C(=C\C(=N)c1ccccc1F)NC(=O)c1cc2ncccc2cc1Cl. The molecule has 0 saturated carbocycles. The quantitative estimate of drug-likeness (QED) is 0.586. The molecule has 0 aliphatic heterocycles. The lowest BCUT2D eigenvalue weighted by Gasteiger charge is -2.12. The Labute approximate surface area is 160 Å². The third kappa shape index (κ3) is 4.12. The second-order valence-corrected chi connectivity index (χ2v) is 6.09. The molecule has 0 aliphatic rings. The van der Waals surface area contributed by atoms with Gasteiger partial charge < -0.3 is 16.0 Å². The molecule has 0 spiro atoms. The molecular weight excluding hydrogens is 367 g/mol. The number of pyridine rings is 1. The third-order valence-corrected chi connectivity index (χ3v) is 4.22. The summed E-state index contributed by atoms with van der Waals surface area (Å²) in [4.78, 5) is 16.8. The maximum atomic E-state index is 13.8. The Morgan fingerprint density at radius 2 is 1.96 bits per heavy atom. The standard InChI is InChI=1S/C20H16ClFN4O/c1-24-19(11-17(23)13-6-2-3-7-16(13)22)26-20(27)14-10-18-12(9-15(14)21)5-4-8-25-18/h2-11,23-24H,1H3,(H,26,27)/b19-11+,23-17?. The summed E-state index contributed by atoms with van der Waals surface area (Å²) in [5.74, 6) is -0.732. The van der Waals surface area contributed by atoms with Crippen LogP contribution in [0.1, 0.15) is 15.9 Å². The summed E-state index contributed by atoms with van der Waals surface area (Å²) in [7, 11) is 1.59. The number of hydrogen-bond donors (Lipinski definition) is 3. The van der Waals surface area contributed by atoms with Gasteiger partial charge in [0.05, 0.1) is 21.8 Å². The molecule has 5 nitrogen and oxygen atoms in total. The lowest BCUT2D eigenvalue weighted by molar-refractivity contribution is 0.0964. The van der Waals surface area contributed by atoms with Gasteiger partial charge in [-0.15, -0.1) is 0 Å². The number of amides is 1. The molecule has 1 heterocycles. The van der Waals surface area contributed by atoms with Crippen molar-refractivity contribution < 1.29 is 9.18 Å². The van der Waals surface area contributed by atoms with Crippen LogP contribution in [-0.2, 0) is 0 Å². The Kier molecular flexibility index (Phi) is 5.47. The first-order chi connectivity index (χ1) is 13.0. The maximum Gasteiger partial charge on any atom is 0.258 e. The molecule has 0 bridgehead atoms. The Balaban J connectivity index is 1.86. The fraction of sp³-hybridized carbons (Fsp3) is 0.0500. The molecule has 136 valence electrons. The molecule has 0 saturated heterocycles. The largest absolute Gasteiger partial charge is 0.375 e. The topological polar surface area (TPSA) is 77.9 Å². The first-order valence-corrected chi connectivity index (χ1v) is 8.46. The summed E-state index contributed by atoms with van der Waals surface area (Å²) in [6.07, 6.45) is 2.97. The number of halogens is 2. The lowest BCUT2D eigenvalue weighted by atomic mass is 10.1. The molecule has 7 heteroatoms. The van der Waals surface area contributed by atoms with Gasteiger partial charge in [0.1, 0.15) is 11.6 Å². The molecule has 1 amide bonds. The van der Waals surface area contributed by atoms with E-state index in [0.717, 1.165) is 5.39 Å². The normalized spacial score (nSPS) is 11.3. The van der Waals surface area contributed by atoms with Crippen LogP contribution in [0.25, 0.3) is 10.9 Å². The highest BCUT2D eigenvalue weighted by atomic mass is 35.5. The van der Waals surface area contributed by atoms with E-state index in [0.29, 0.717) is 5.52 Å². The van der Waals surface area contributed by atoms with Gasteiger partial charge in [-0.1, -0.05) is 29.8 Å². The van der Waals surface area contributed by atoms with Gasteiger partial charge in [-0.3, -0.25) is 9.78 Å². The average molecular weight is 383 g/mol. The molecular formula is C20H16ClFN4O. The zero-order valence-corrected chi connectivity index (χ0v) is 15.1. The number of aromatic nitrogens is 1. The Bertz CT molecular complexity index is 1060. The molecule has 3 rings (SSSR count). The van der Waals surface area contributed by atoms with Crippen molar-refractivity contribution in [3.63, 3.8) is 0 Å². The van der Waals surface area contributed by atoms with E-state index in [4.69, 9.17) is 17.0 Å². The first kappa shape index (κ1) is 18.5. The number of nitrogens with one attached hydrogen (secondary N) is 3. The molecule has 0 aliphatic carbocycles. The number of allylic oxidation sites excluding steroid dienone is 1. The molecule has 0 atom stereocenters. The van der Waals surface area contributed by atoms with Crippen molar-refractivity contribution in [2.75, 3.05) is 7.05 Å². The van der Waals surface area contributed by atoms with Crippen LogP contribution in [0.4, 0.5) is 4.39 Å². The number of carbonyl (C=O) groups is 1. The van der Waals surface area contributed by atoms with Gasteiger partial charge in [0.15, 0.2) is 0 Å². The van der Waals surface area contributed by atoms with Crippen molar-refractivity contribution in [3.05, 3.63) is 88.6 Å². The van der Waals surface area contributed by atoms with E-state index in [-0.39, 0.29) is 27.7 Å². The van der Waals surface area contributed by atoms with E-state index >= 15 is 0 Å². The number of benzene rings is 2. The maximum absolute atomic E-state index is 13.8. The van der Waals surface area contributed by atoms with E-state index < -0.39 is 11.7 Å². The zero-order chi connectivity index (χ0) is 19.4. The van der Waals surface area contributed by atoms with Crippen molar-refractivity contribution in [2.45, 2.75) is 0 Å². The molecule has 0 radical (unpaired) electrons. The predicted octanol–water partition coefficient (Wildman–Crippen LogP) is 3.89. The van der Waals surface area contributed by atoms with Crippen LogP contribution in [0.3, 0.4) is 0 Å². The fourth-order valence-electron chi connectivity index (χ4n) is 2.53. The Morgan fingerprint density at radius 3 is 2.70 bits per heavy atom. The zero-order valence-electron chi connectivity index (χ0n) is 14.4. The minimum atomic E-state index is -0.510. The minimum Gasteiger partial charge on any atom is -0.375 e. The van der Waals surface area contributed by atoms with Crippen LogP contribution in [0.2, 0.25) is 5.02 Å². The summed E-state index contributed by atoms with van der Waals surface area (Å²) in [6.45, 7) is 0. The average Bonchev–Trinajstić information content (AvgIpc) is 2.67. The lowest BCUT2D eigenvalue weighted by Crippen LogP contribution is -2.30. The van der Waals surface area contributed by atoms with Crippen LogP contribution in [0, 0.1) is 11.2 Å². The number of hydrogen-bond acceptors (Lipinski definition) is 4. The van der Waals surface area contributed by atoms with E-state index in [1.807, 2.05) is 6.07 Å². The first-order valence-electron chi connectivity index (χ1n) is 8.08. The second-order valence-electron chi connectivity index (χ2n) is 5.68. The van der Waals surface area contributed by atoms with E-state index in [2.05, 4.69) is 15.6 Å². The molecule has 1 aromatic heterocycles. The van der Waals surface area contributed by atoms with Crippen LogP contribution in [-0.4, -0.2) is 23.7 Å². The van der Waals surface area contributed by atoms with Gasteiger partial charge in [-0.05, 0) is 30.3 Å². The van der Waals surface area contributed by atoms with Gasteiger partial charge >= 0.3 is 0 Å². The fourth-order valence-corrected chi connectivity index (χ4v) is 2.79. The minimum absolute atomic E-state index is 0.0796. The molecule has 27 heavy (non-hydrogen) atoms. The summed E-state index contributed by atoms with van der Waals surface area (Å²) in [5.41, 5.74) is 0.944. The number of nitrogens with zero attached hydrogens (tertiary/aromatic N) is 1. The molecule has 0 unspecified atom stereocenters. The highest BCUT2D eigenvalue weighted by molar-refractivity contribution is 6.34. The van der Waals surface area contributed by atoms with Gasteiger partial charge in [-0.2, -0.15) is 0 Å². The Hall–Kier alpha value is -3.25. The predicted molar refractivity (Wildman–Crippen MR) is 105 cm³/mol. The smallest absolute Gasteiger partial charge is 0.258 e. The molecule has 0 fully saturated rings. The van der Waals surface area contributed by atoms with Crippen LogP contribution in [0.5, 0.6) is 0 Å². The van der Waals surface area contributed by atoms with E-state index in [1.54, 1.807) is 43.6 Å². The van der Waals surface area contributed by atoms with Crippen molar-refractivity contribution >= 4 is 34.1 Å². The van der Waals surface area contributed by atoms with Crippen LogP contribution >= 0.6 is 11.6 Å².